The molecular formula is C19H14BrN5O2. The summed E-state index contributed by atoms with van der Waals surface area (Å²) in [5, 5.41) is 23.6. The van der Waals surface area contributed by atoms with Crippen LogP contribution in [0.25, 0.3) is 0 Å². The van der Waals surface area contributed by atoms with Crippen molar-refractivity contribution in [3.05, 3.63) is 99.0 Å². The van der Waals surface area contributed by atoms with Crippen molar-refractivity contribution in [2.45, 2.75) is 0 Å². The molecule has 0 heterocycles. The summed E-state index contributed by atoms with van der Waals surface area (Å²) in [5.41, 5.74) is 4.97. The number of hydrazone groups is 1. The molecule has 0 amide bonds. The summed E-state index contributed by atoms with van der Waals surface area (Å²) in [6.07, 6.45) is 0. The number of azo groups is 1. The van der Waals surface area contributed by atoms with E-state index in [1.165, 1.54) is 12.1 Å². The molecule has 0 fully saturated rings. The van der Waals surface area contributed by atoms with E-state index in [9.17, 15) is 10.1 Å². The fourth-order valence-corrected chi connectivity index (χ4v) is 2.38. The highest BCUT2D eigenvalue weighted by molar-refractivity contribution is 9.10. The third kappa shape index (κ3) is 5.29. The van der Waals surface area contributed by atoms with Crippen LogP contribution >= 0.6 is 15.9 Å². The second-order valence-electron chi connectivity index (χ2n) is 5.39. The molecule has 0 aliphatic rings. The largest absolute Gasteiger partial charge is 0.276 e. The molecule has 0 bridgehead atoms. The number of nitro benzene ring substituents is 1. The molecule has 0 aliphatic carbocycles. The first-order chi connectivity index (χ1) is 13.1. The number of halogens is 1. The molecule has 3 aromatic rings. The first-order valence-corrected chi connectivity index (χ1v) is 8.72. The minimum atomic E-state index is -0.452. The van der Waals surface area contributed by atoms with E-state index in [1.807, 2.05) is 54.6 Å². The Morgan fingerprint density at radius 2 is 1.59 bits per heavy atom. The maximum atomic E-state index is 10.8. The second kappa shape index (κ2) is 8.81. The van der Waals surface area contributed by atoms with Gasteiger partial charge in [0.2, 0.25) is 5.84 Å². The Bertz CT molecular complexity index is 971. The van der Waals surface area contributed by atoms with Gasteiger partial charge in [0.1, 0.15) is 0 Å². The maximum Gasteiger partial charge on any atom is 0.269 e. The Balaban J connectivity index is 1.90. The molecule has 0 radical (unpaired) electrons. The van der Waals surface area contributed by atoms with Crippen LogP contribution < -0.4 is 5.43 Å². The monoisotopic (exact) mass is 423 g/mol. The van der Waals surface area contributed by atoms with Crippen molar-refractivity contribution in [3.8, 4) is 0 Å². The molecule has 0 atom stereocenters. The van der Waals surface area contributed by atoms with E-state index in [0.29, 0.717) is 17.1 Å². The van der Waals surface area contributed by atoms with Crippen LogP contribution in [0.3, 0.4) is 0 Å². The number of nitro groups is 1. The van der Waals surface area contributed by atoms with Crippen molar-refractivity contribution in [2.75, 3.05) is 5.43 Å². The van der Waals surface area contributed by atoms with Gasteiger partial charge in [0.05, 0.1) is 16.3 Å². The summed E-state index contributed by atoms with van der Waals surface area (Å²) in [7, 11) is 0. The lowest BCUT2D eigenvalue weighted by Crippen LogP contribution is -2.01. The van der Waals surface area contributed by atoms with Gasteiger partial charge >= 0.3 is 0 Å². The van der Waals surface area contributed by atoms with Crippen LogP contribution in [0.4, 0.5) is 17.1 Å². The molecule has 3 rings (SSSR count). The third-order valence-corrected chi connectivity index (χ3v) is 4.02. The van der Waals surface area contributed by atoms with Crippen LogP contribution in [0.15, 0.2) is 98.7 Å². The highest BCUT2D eigenvalue weighted by atomic mass is 79.9. The van der Waals surface area contributed by atoms with Crippen LogP contribution in [-0.4, -0.2) is 10.8 Å². The standard InChI is InChI=1S/C19H14BrN5O2/c20-15-8-10-17(11-9-15)22-24-19(23-21-16-4-2-1-3-5-16)14-6-12-18(13-7-14)25(26)27/h1-13,21H. The highest BCUT2D eigenvalue weighted by Crippen LogP contribution is 2.19. The zero-order valence-electron chi connectivity index (χ0n) is 14.0. The van der Waals surface area contributed by atoms with E-state index < -0.39 is 4.92 Å². The van der Waals surface area contributed by atoms with E-state index in [4.69, 9.17) is 0 Å². The maximum absolute atomic E-state index is 10.8. The fraction of sp³-hybridized carbons (Fsp3) is 0. The molecule has 0 saturated heterocycles. The van der Waals surface area contributed by atoms with E-state index in [2.05, 4.69) is 36.7 Å². The van der Waals surface area contributed by atoms with Gasteiger partial charge in [-0.1, -0.05) is 34.1 Å². The summed E-state index contributed by atoms with van der Waals surface area (Å²) in [6, 6.07) is 22.7. The molecule has 7 nitrogen and oxygen atoms in total. The van der Waals surface area contributed by atoms with Gasteiger partial charge in [-0.25, -0.2) is 0 Å². The van der Waals surface area contributed by atoms with Crippen molar-refractivity contribution in [1.29, 1.82) is 0 Å². The molecular weight excluding hydrogens is 410 g/mol. The number of amidine groups is 1. The van der Waals surface area contributed by atoms with E-state index in [1.54, 1.807) is 12.1 Å². The molecule has 0 spiro atoms. The van der Waals surface area contributed by atoms with Crippen LogP contribution in [-0.2, 0) is 0 Å². The summed E-state index contributed by atoms with van der Waals surface area (Å²) in [6.45, 7) is 0. The van der Waals surface area contributed by atoms with Crippen LogP contribution in [0, 0.1) is 10.1 Å². The average Bonchev–Trinajstić information content (AvgIpc) is 2.70. The number of hydrogen-bond donors (Lipinski definition) is 1. The number of benzene rings is 3. The number of non-ortho nitro benzene ring substituents is 1. The molecule has 0 aromatic heterocycles. The minimum absolute atomic E-state index is 0.000957. The summed E-state index contributed by atoms with van der Waals surface area (Å²) in [4.78, 5) is 10.4. The van der Waals surface area contributed by atoms with Gasteiger partial charge in [0.15, 0.2) is 0 Å². The molecule has 3 aromatic carbocycles. The predicted molar refractivity (Wildman–Crippen MR) is 108 cm³/mol. The van der Waals surface area contributed by atoms with Gasteiger partial charge < -0.3 is 0 Å². The van der Waals surface area contributed by atoms with Crippen molar-refractivity contribution < 1.29 is 4.92 Å². The molecule has 134 valence electrons. The lowest BCUT2D eigenvalue weighted by atomic mass is 10.2. The number of nitrogens with zero attached hydrogens (tertiary/aromatic N) is 4. The summed E-state index contributed by atoms with van der Waals surface area (Å²) in [5.74, 6) is 0.302. The SMILES string of the molecule is O=[N+]([O-])c1ccc(C(N=Nc2ccc(Br)cc2)=NNc2ccccc2)cc1. The number of hydrogen-bond acceptors (Lipinski definition) is 5. The number of anilines is 1. The van der Waals surface area contributed by atoms with Gasteiger partial charge in [0, 0.05) is 22.2 Å². The zero-order chi connectivity index (χ0) is 19.1. The lowest BCUT2D eigenvalue weighted by Gasteiger charge is -2.03. The Labute approximate surface area is 163 Å². The molecule has 0 aliphatic heterocycles. The van der Waals surface area contributed by atoms with Crippen LogP contribution in [0.5, 0.6) is 0 Å². The van der Waals surface area contributed by atoms with E-state index in [0.717, 1.165) is 10.2 Å². The summed E-state index contributed by atoms with van der Waals surface area (Å²) < 4.78 is 0.941. The minimum Gasteiger partial charge on any atom is -0.276 e. The molecule has 0 unspecified atom stereocenters. The lowest BCUT2D eigenvalue weighted by molar-refractivity contribution is -0.384. The Morgan fingerprint density at radius 1 is 0.926 bits per heavy atom. The van der Waals surface area contributed by atoms with Crippen LogP contribution in [0.2, 0.25) is 0 Å². The quantitative estimate of drug-likeness (QED) is 0.181. The van der Waals surface area contributed by atoms with E-state index in [-0.39, 0.29) is 5.69 Å². The second-order valence-corrected chi connectivity index (χ2v) is 6.31. The smallest absolute Gasteiger partial charge is 0.269 e. The van der Waals surface area contributed by atoms with Gasteiger partial charge in [-0.05, 0) is 48.5 Å². The van der Waals surface area contributed by atoms with E-state index >= 15 is 0 Å². The van der Waals surface area contributed by atoms with Gasteiger partial charge in [-0.3, -0.25) is 15.5 Å². The highest BCUT2D eigenvalue weighted by Gasteiger charge is 2.08. The molecule has 0 saturated carbocycles. The Morgan fingerprint density at radius 3 is 2.22 bits per heavy atom. The zero-order valence-corrected chi connectivity index (χ0v) is 15.6. The Hall–Kier alpha value is -3.39. The molecule has 1 N–H and O–H groups in total. The first-order valence-electron chi connectivity index (χ1n) is 7.93. The molecule has 27 heavy (non-hydrogen) atoms. The predicted octanol–water partition coefficient (Wildman–Crippen LogP) is 5.91. The van der Waals surface area contributed by atoms with Crippen molar-refractivity contribution >= 4 is 38.8 Å². The normalized spacial score (nSPS) is 11.5. The Kier molecular flexibility index (Phi) is 6.01. The number of para-hydroxylation sites is 1. The van der Waals surface area contributed by atoms with Gasteiger partial charge in [-0.2, -0.15) is 5.10 Å². The van der Waals surface area contributed by atoms with Gasteiger partial charge in [-0.15, -0.1) is 10.2 Å². The third-order valence-electron chi connectivity index (χ3n) is 3.49. The van der Waals surface area contributed by atoms with Gasteiger partial charge in [0.25, 0.3) is 5.69 Å². The number of nitrogens with one attached hydrogen (secondary N) is 1. The van der Waals surface area contributed by atoms with Crippen LogP contribution in [0.1, 0.15) is 5.56 Å². The number of rotatable bonds is 5. The molecule has 8 heteroatoms. The van der Waals surface area contributed by atoms with Crippen molar-refractivity contribution in [3.63, 3.8) is 0 Å². The summed E-state index contributed by atoms with van der Waals surface area (Å²) >= 11 is 3.37. The average molecular weight is 424 g/mol. The fourth-order valence-electron chi connectivity index (χ4n) is 2.12. The van der Waals surface area contributed by atoms with Crippen molar-refractivity contribution in [2.24, 2.45) is 15.3 Å². The topological polar surface area (TPSA) is 92.2 Å². The van der Waals surface area contributed by atoms with Crippen molar-refractivity contribution in [1.82, 2.24) is 0 Å². The first kappa shape index (κ1) is 18.4.